The quantitative estimate of drug-likeness (QED) is 0.733. The zero-order chi connectivity index (χ0) is 16.5. The highest BCUT2D eigenvalue weighted by Gasteiger charge is 2.08. The van der Waals surface area contributed by atoms with Gasteiger partial charge in [-0.3, -0.25) is 0 Å². The molecule has 122 valence electrons. The van der Waals surface area contributed by atoms with Crippen LogP contribution in [-0.4, -0.2) is 30.9 Å². The zero-order valence-electron chi connectivity index (χ0n) is 13.2. The van der Waals surface area contributed by atoms with Crippen molar-refractivity contribution in [2.75, 3.05) is 13.7 Å². The molecule has 0 aliphatic heterocycles. The van der Waals surface area contributed by atoms with Crippen LogP contribution in [0.2, 0.25) is 0 Å². The van der Waals surface area contributed by atoms with Crippen LogP contribution in [-0.2, 0) is 13.0 Å². The van der Waals surface area contributed by atoms with Crippen LogP contribution in [0, 0.1) is 0 Å². The van der Waals surface area contributed by atoms with E-state index in [-0.39, 0.29) is 12.6 Å². The van der Waals surface area contributed by atoms with Gasteiger partial charge in [-0.05, 0) is 23.3 Å². The van der Waals surface area contributed by atoms with Crippen molar-refractivity contribution in [1.82, 2.24) is 10.6 Å². The van der Waals surface area contributed by atoms with Gasteiger partial charge in [0.1, 0.15) is 5.75 Å². The third-order valence-corrected chi connectivity index (χ3v) is 3.40. The monoisotopic (exact) mass is 314 g/mol. The van der Waals surface area contributed by atoms with E-state index in [9.17, 15) is 9.90 Å². The number of ether oxygens (including phenoxy) is 1. The third kappa shape index (κ3) is 6.00. The van der Waals surface area contributed by atoms with Gasteiger partial charge in [0.25, 0.3) is 0 Å². The Hall–Kier alpha value is -2.53. The largest absolute Gasteiger partial charge is 0.497 e. The van der Waals surface area contributed by atoms with Crippen molar-refractivity contribution < 1.29 is 14.6 Å². The first-order valence-electron chi connectivity index (χ1n) is 7.54. The molecule has 0 aliphatic rings. The maximum Gasteiger partial charge on any atom is 0.315 e. The molecule has 23 heavy (non-hydrogen) atoms. The molecule has 0 heterocycles. The van der Waals surface area contributed by atoms with Crippen LogP contribution in [0.4, 0.5) is 4.79 Å². The molecule has 2 rings (SSSR count). The van der Waals surface area contributed by atoms with Crippen molar-refractivity contribution in [3.63, 3.8) is 0 Å². The smallest absolute Gasteiger partial charge is 0.315 e. The lowest BCUT2D eigenvalue weighted by Crippen LogP contribution is -2.39. The van der Waals surface area contributed by atoms with E-state index in [1.807, 2.05) is 54.6 Å². The average Bonchev–Trinajstić information content (AvgIpc) is 2.59. The predicted molar refractivity (Wildman–Crippen MR) is 89.4 cm³/mol. The summed E-state index contributed by atoms with van der Waals surface area (Å²) >= 11 is 0. The average molecular weight is 314 g/mol. The summed E-state index contributed by atoms with van der Waals surface area (Å²) in [5.41, 5.74) is 1.99. The highest BCUT2D eigenvalue weighted by molar-refractivity contribution is 5.73. The molecule has 0 bridgehead atoms. The molecule has 0 saturated carbocycles. The van der Waals surface area contributed by atoms with Gasteiger partial charge in [0, 0.05) is 19.5 Å². The number of rotatable bonds is 7. The molecule has 0 spiro atoms. The van der Waals surface area contributed by atoms with Crippen LogP contribution < -0.4 is 15.4 Å². The van der Waals surface area contributed by atoms with Gasteiger partial charge in [0.05, 0.1) is 13.2 Å². The molecule has 5 nitrogen and oxygen atoms in total. The lowest BCUT2D eigenvalue weighted by molar-refractivity contribution is 0.170. The number of hydrogen-bond donors (Lipinski definition) is 3. The Kier molecular flexibility index (Phi) is 6.44. The molecule has 1 unspecified atom stereocenters. The Morgan fingerprint density at radius 3 is 2.57 bits per heavy atom. The molecule has 5 heteroatoms. The van der Waals surface area contributed by atoms with Crippen LogP contribution in [0.5, 0.6) is 5.75 Å². The van der Waals surface area contributed by atoms with Gasteiger partial charge < -0.3 is 20.5 Å². The second-order valence-corrected chi connectivity index (χ2v) is 5.26. The summed E-state index contributed by atoms with van der Waals surface area (Å²) < 4.78 is 5.14. The van der Waals surface area contributed by atoms with Gasteiger partial charge in [0.15, 0.2) is 0 Å². The second-order valence-electron chi connectivity index (χ2n) is 5.26. The van der Waals surface area contributed by atoms with Crippen LogP contribution in [0.3, 0.4) is 0 Å². The summed E-state index contributed by atoms with van der Waals surface area (Å²) in [5.74, 6) is 0.753. The van der Waals surface area contributed by atoms with Gasteiger partial charge >= 0.3 is 6.03 Å². The summed E-state index contributed by atoms with van der Waals surface area (Å²) in [6.45, 7) is 0.608. The van der Waals surface area contributed by atoms with E-state index >= 15 is 0 Å². The maximum atomic E-state index is 11.8. The maximum absolute atomic E-state index is 11.8. The van der Waals surface area contributed by atoms with Crippen molar-refractivity contribution in [3.05, 3.63) is 65.7 Å². The molecule has 0 aliphatic carbocycles. The first kappa shape index (κ1) is 16.8. The van der Waals surface area contributed by atoms with Crippen LogP contribution in [0.15, 0.2) is 54.6 Å². The minimum Gasteiger partial charge on any atom is -0.497 e. The molecule has 0 saturated heterocycles. The summed E-state index contributed by atoms with van der Waals surface area (Å²) in [4.78, 5) is 11.8. The number of hydrogen-bond acceptors (Lipinski definition) is 3. The molecule has 0 aromatic heterocycles. The number of carbonyl (C=O) groups excluding carboxylic acids is 1. The standard InChI is InChI=1S/C18H22N2O3/c1-23-17-9-5-8-15(11-17)12-19-18(22)20-13-16(21)10-14-6-3-2-4-7-14/h2-9,11,16,21H,10,12-13H2,1H3,(H2,19,20,22). The van der Waals surface area contributed by atoms with E-state index in [0.717, 1.165) is 16.9 Å². The number of nitrogens with one attached hydrogen (secondary N) is 2. The molecule has 2 amide bonds. The third-order valence-electron chi connectivity index (χ3n) is 3.40. The van der Waals surface area contributed by atoms with Crippen molar-refractivity contribution in [2.45, 2.75) is 19.1 Å². The highest BCUT2D eigenvalue weighted by Crippen LogP contribution is 2.12. The molecule has 0 radical (unpaired) electrons. The molecule has 3 N–H and O–H groups in total. The minimum atomic E-state index is -0.611. The van der Waals surface area contributed by atoms with E-state index in [0.29, 0.717) is 13.0 Å². The summed E-state index contributed by atoms with van der Waals surface area (Å²) in [6, 6.07) is 16.9. The normalized spacial score (nSPS) is 11.6. The van der Waals surface area contributed by atoms with Crippen LogP contribution >= 0.6 is 0 Å². The lowest BCUT2D eigenvalue weighted by atomic mass is 10.1. The number of urea groups is 1. The number of amides is 2. The second kappa shape index (κ2) is 8.80. The number of methoxy groups -OCH3 is 1. The fraction of sp³-hybridized carbons (Fsp3) is 0.278. The summed E-state index contributed by atoms with van der Waals surface area (Å²) in [6.07, 6.45) is -0.100. The minimum absolute atomic E-state index is 0.207. The molecule has 2 aromatic rings. The lowest BCUT2D eigenvalue weighted by Gasteiger charge is -2.13. The van der Waals surface area contributed by atoms with Crippen molar-refractivity contribution in [3.8, 4) is 5.75 Å². The predicted octanol–water partition coefficient (Wildman–Crippen LogP) is 2.10. The van der Waals surface area contributed by atoms with Gasteiger partial charge in [-0.1, -0.05) is 42.5 Å². The van der Waals surface area contributed by atoms with Crippen LogP contribution in [0.25, 0.3) is 0 Å². The van der Waals surface area contributed by atoms with Gasteiger partial charge in [-0.15, -0.1) is 0 Å². The fourth-order valence-corrected chi connectivity index (χ4v) is 2.20. The Balaban J connectivity index is 1.70. The van der Waals surface area contributed by atoms with Crippen molar-refractivity contribution >= 4 is 6.03 Å². The zero-order valence-corrected chi connectivity index (χ0v) is 13.2. The van der Waals surface area contributed by atoms with E-state index in [1.165, 1.54) is 0 Å². The van der Waals surface area contributed by atoms with E-state index in [2.05, 4.69) is 10.6 Å². The molecule has 2 aromatic carbocycles. The van der Waals surface area contributed by atoms with Gasteiger partial charge in [0.2, 0.25) is 0 Å². The fourth-order valence-electron chi connectivity index (χ4n) is 2.20. The molecule has 0 fully saturated rings. The number of carbonyl (C=O) groups is 1. The Bertz CT molecular complexity index is 617. The SMILES string of the molecule is COc1cccc(CNC(=O)NCC(O)Cc2ccccc2)c1. The van der Waals surface area contributed by atoms with Gasteiger partial charge in [-0.2, -0.15) is 0 Å². The topological polar surface area (TPSA) is 70.6 Å². The highest BCUT2D eigenvalue weighted by atomic mass is 16.5. The van der Waals surface area contributed by atoms with Crippen LogP contribution in [0.1, 0.15) is 11.1 Å². The molecular weight excluding hydrogens is 292 g/mol. The Morgan fingerprint density at radius 2 is 1.83 bits per heavy atom. The number of aliphatic hydroxyl groups excluding tert-OH is 1. The van der Waals surface area contributed by atoms with E-state index in [4.69, 9.17) is 4.74 Å². The first-order chi connectivity index (χ1) is 11.2. The van der Waals surface area contributed by atoms with E-state index < -0.39 is 6.10 Å². The van der Waals surface area contributed by atoms with Gasteiger partial charge in [-0.25, -0.2) is 4.79 Å². The Morgan fingerprint density at radius 1 is 1.09 bits per heavy atom. The number of aliphatic hydroxyl groups is 1. The van der Waals surface area contributed by atoms with E-state index in [1.54, 1.807) is 7.11 Å². The first-order valence-corrected chi connectivity index (χ1v) is 7.54. The molecular formula is C18H22N2O3. The Labute approximate surface area is 136 Å². The number of benzene rings is 2. The summed E-state index contributed by atoms with van der Waals surface area (Å²) in [7, 11) is 1.60. The molecule has 1 atom stereocenters. The van der Waals surface area contributed by atoms with Crippen molar-refractivity contribution in [1.29, 1.82) is 0 Å². The van der Waals surface area contributed by atoms with Crippen molar-refractivity contribution in [2.24, 2.45) is 0 Å². The summed E-state index contributed by atoms with van der Waals surface area (Å²) in [5, 5.41) is 15.4.